The zero-order valence-electron chi connectivity index (χ0n) is 13.3. The van der Waals surface area contributed by atoms with Crippen LogP contribution < -0.4 is 0 Å². The lowest BCUT2D eigenvalue weighted by Crippen LogP contribution is -2.46. The third-order valence-electron chi connectivity index (χ3n) is 5.27. The van der Waals surface area contributed by atoms with Gasteiger partial charge in [-0.05, 0) is 57.2 Å². The number of ketones is 1. The molecule has 0 N–H and O–H groups in total. The van der Waals surface area contributed by atoms with Crippen molar-refractivity contribution in [2.24, 2.45) is 11.3 Å². The number of fused-ring (bicyclic) bond motifs is 1. The van der Waals surface area contributed by atoms with Gasteiger partial charge in [0.2, 0.25) is 0 Å². The molecule has 3 rings (SSSR count). The minimum atomic E-state index is -0.0898. The number of hydrogen-bond acceptors (Lipinski definition) is 3. The van der Waals surface area contributed by atoms with Crippen molar-refractivity contribution in [1.29, 1.82) is 0 Å². The lowest BCUT2D eigenvalue weighted by Gasteiger charge is -2.45. The number of carbonyl (C=O) groups excluding carboxylic acids is 1. The number of Topliss-reactive ketones (excluding diaryl/α,β-unsaturated/α-hetero) is 1. The second-order valence-electron chi connectivity index (χ2n) is 7.65. The number of carbonyl (C=O) groups is 1. The molecule has 2 aliphatic rings. The maximum Gasteiger partial charge on any atom is 0.186 e. The molecule has 0 aromatic carbocycles. The zero-order valence-corrected chi connectivity index (χ0v) is 14.1. The fraction of sp³-hybridized carbons (Fsp3) is 0.750. The van der Waals surface area contributed by atoms with Gasteiger partial charge in [0, 0.05) is 30.8 Å². The van der Waals surface area contributed by atoms with Crippen LogP contribution in [0.3, 0.4) is 0 Å². The van der Waals surface area contributed by atoms with Crippen molar-refractivity contribution in [2.75, 3.05) is 13.1 Å². The summed E-state index contributed by atoms with van der Waals surface area (Å²) in [5.41, 5.74) is 1.79. The molecule has 1 saturated heterocycles. The Hall–Kier alpha value is -0.870. The van der Waals surface area contributed by atoms with Crippen LogP contribution in [0.25, 0.3) is 0 Å². The van der Waals surface area contributed by atoms with Gasteiger partial charge >= 0.3 is 0 Å². The first-order valence-corrected chi connectivity index (χ1v) is 8.11. The highest BCUT2D eigenvalue weighted by molar-refractivity contribution is 6.13. The number of nitrogens with zero attached hydrogens (tertiary/aromatic N) is 3. The highest BCUT2D eigenvalue weighted by atomic mass is 35.5. The highest BCUT2D eigenvalue weighted by Gasteiger charge is 2.47. The van der Waals surface area contributed by atoms with E-state index in [1.165, 1.54) is 0 Å². The lowest BCUT2D eigenvalue weighted by atomic mass is 9.61. The van der Waals surface area contributed by atoms with Crippen LogP contribution in [-0.2, 0) is 12.0 Å². The molecule has 0 saturated carbocycles. The van der Waals surface area contributed by atoms with Crippen LogP contribution >= 0.6 is 11.8 Å². The summed E-state index contributed by atoms with van der Waals surface area (Å²) in [5.74, 6) is 0.251. The van der Waals surface area contributed by atoms with E-state index in [4.69, 9.17) is 11.8 Å². The standard InChI is InChI=1S/C16H24ClN3O/c1-11-14(21)13-12(10-20(18-13)15(2,3)4)9-16(11)5-7-19(17)8-6-16/h10-11H,5-9H2,1-4H3. The fourth-order valence-electron chi connectivity index (χ4n) is 3.64. The summed E-state index contributed by atoms with van der Waals surface area (Å²) in [6.07, 6.45) is 5.01. The number of hydrogen-bond donors (Lipinski definition) is 0. The highest BCUT2D eigenvalue weighted by Crippen LogP contribution is 2.47. The Balaban J connectivity index is 1.98. The Morgan fingerprint density at radius 2 is 1.95 bits per heavy atom. The molecule has 21 heavy (non-hydrogen) atoms. The van der Waals surface area contributed by atoms with Crippen LogP contribution in [0.1, 0.15) is 56.6 Å². The Labute approximate surface area is 131 Å². The van der Waals surface area contributed by atoms with E-state index in [1.54, 1.807) is 0 Å². The average molecular weight is 310 g/mol. The summed E-state index contributed by atoms with van der Waals surface area (Å²) >= 11 is 6.10. The first-order chi connectivity index (χ1) is 9.73. The Morgan fingerprint density at radius 1 is 1.33 bits per heavy atom. The second-order valence-corrected chi connectivity index (χ2v) is 8.13. The predicted molar refractivity (Wildman–Crippen MR) is 83.5 cm³/mol. The first-order valence-electron chi connectivity index (χ1n) is 7.77. The SMILES string of the molecule is CC1C(=O)c2nn(C(C)(C)C)cc2CC12CCN(Cl)CC2. The van der Waals surface area contributed by atoms with Crippen molar-refractivity contribution in [1.82, 2.24) is 14.2 Å². The maximum atomic E-state index is 12.8. The number of piperidine rings is 1. The zero-order chi connectivity index (χ0) is 15.4. The summed E-state index contributed by atoms with van der Waals surface area (Å²) in [4.78, 5) is 12.8. The van der Waals surface area contributed by atoms with Crippen LogP contribution in [0.2, 0.25) is 0 Å². The molecular formula is C16H24ClN3O. The van der Waals surface area contributed by atoms with E-state index in [9.17, 15) is 4.79 Å². The van der Waals surface area contributed by atoms with E-state index in [-0.39, 0.29) is 22.7 Å². The molecule has 1 aliphatic heterocycles. The van der Waals surface area contributed by atoms with Gasteiger partial charge in [0.25, 0.3) is 0 Å². The summed E-state index contributed by atoms with van der Waals surface area (Å²) in [5, 5.41) is 4.58. The number of rotatable bonds is 0. The average Bonchev–Trinajstić information content (AvgIpc) is 2.83. The molecule has 1 aromatic heterocycles. The van der Waals surface area contributed by atoms with Gasteiger partial charge in [-0.15, -0.1) is 0 Å². The summed E-state index contributed by atoms with van der Waals surface area (Å²) in [6.45, 7) is 10.1. The Bertz CT molecular complexity index is 565. The molecule has 2 heterocycles. The van der Waals surface area contributed by atoms with Crippen molar-refractivity contribution >= 4 is 17.6 Å². The van der Waals surface area contributed by atoms with Gasteiger partial charge in [0.05, 0.1) is 5.54 Å². The lowest BCUT2D eigenvalue weighted by molar-refractivity contribution is 0.0541. The van der Waals surface area contributed by atoms with Gasteiger partial charge in [0.15, 0.2) is 5.78 Å². The molecule has 1 unspecified atom stereocenters. The summed E-state index contributed by atoms with van der Waals surface area (Å²) in [6, 6.07) is 0. The van der Waals surface area contributed by atoms with Gasteiger partial charge in [0.1, 0.15) is 5.69 Å². The second kappa shape index (κ2) is 4.82. The number of aromatic nitrogens is 2. The van der Waals surface area contributed by atoms with Crippen molar-refractivity contribution in [3.63, 3.8) is 0 Å². The smallest absolute Gasteiger partial charge is 0.186 e. The molecule has 116 valence electrons. The monoisotopic (exact) mass is 309 g/mol. The quantitative estimate of drug-likeness (QED) is 0.690. The van der Waals surface area contributed by atoms with E-state index < -0.39 is 0 Å². The van der Waals surface area contributed by atoms with Gasteiger partial charge in [-0.3, -0.25) is 9.48 Å². The van der Waals surface area contributed by atoms with Gasteiger partial charge in [-0.25, -0.2) is 4.42 Å². The molecule has 0 radical (unpaired) electrons. The molecule has 0 bridgehead atoms. The third-order valence-corrected chi connectivity index (χ3v) is 5.61. The first kappa shape index (κ1) is 15.0. The van der Waals surface area contributed by atoms with Crippen LogP contribution in [0, 0.1) is 11.3 Å². The van der Waals surface area contributed by atoms with Gasteiger partial charge in [-0.1, -0.05) is 6.92 Å². The molecule has 1 aliphatic carbocycles. The van der Waals surface area contributed by atoms with E-state index >= 15 is 0 Å². The third kappa shape index (κ3) is 2.42. The molecular weight excluding hydrogens is 286 g/mol. The molecule has 4 nitrogen and oxygen atoms in total. The minimum absolute atomic E-state index is 0.0404. The molecule has 1 spiro atoms. The van der Waals surface area contributed by atoms with Gasteiger partial charge < -0.3 is 0 Å². The summed E-state index contributed by atoms with van der Waals surface area (Å²) in [7, 11) is 0. The molecule has 1 fully saturated rings. The number of halogens is 1. The molecule has 5 heteroatoms. The van der Waals surface area contributed by atoms with Crippen LogP contribution in [0.5, 0.6) is 0 Å². The van der Waals surface area contributed by atoms with E-state index in [2.05, 4.69) is 39.0 Å². The Morgan fingerprint density at radius 3 is 2.52 bits per heavy atom. The van der Waals surface area contributed by atoms with Crippen LogP contribution in [0.4, 0.5) is 0 Å². The molecule has 0 amide bonds. The van der Waals surface area contributed by atoms with Crippen molar-refractivity contribution in [3.05, 3.63) is 17.5 Å². The Kier molecular flexibility index (Phi) is 3.45. The van der Waals surface area contributed by atoms with Crippen LogP contribution in [-0.4, -0.2) is 33.1 Å². The van der Waals surface area contributed by atoms with Crippen LogP contribution in [0.15, 0.2) is 6.20 Å². The van der Waals surface area contributed by atoms with Gasteiger partial charge in [-0.2, -0.15) is 5.10 Å². The topological polar surface area (TPSA) is 38.1 Å². The van der Waals surface area contributed by atoms with E-state index in [0.29, 0.717) is 5.69 Å². The summed E-state index contributed by atoms with van der Waals surface area (Å²) < 4.78 is 3.79. The normalized spacial score (nSPS) is 26.1. The van der Waals surface area contributed by atoms with Crippen molar-refractivity contribution in [2.45, 2.75) is 52.5 Å². The fourth-order valence-corrected chi connectivity index (χ4v) is 3.81. The van der Waals surface area contributed by atoms with Crippen molar-refractivity contribution < 1.29 is 4.79 Å². The van der Waals surface area contributed by atoms with Crippen molar-refractivity contribution in [3.8, 4) is 0 Å². The minimum Gasteiger partial charge on any atom is -0.292 e. The van der Waals surface area contributed by atoms with E-state index in [0.717, 1.165) is 37.9 Å². The molecule has 1 aromatic rings. The predicted octanol–water partition coefficient (Wildman–Crippen LogP) is 3.25. The largest absolute Gasteiger partial charge is 0.292 e. The van der Waals surface area contributed by atoms with E-state index in [1.807, 2.05) is 9.10 Å². The molecule has 1 atom stereocenters. The maximum absolute atomic E-state index is 12.8.